The van der Waals surface area contributed by atoms with Crippen LogP contribution in [0.3, 0.4) is 0 Å². The maximum Gasteiger partial charge on any atom is 0.282 e. The second kappa shape index (κ2) is 7.36. The van der Waals surface area contributed by atoms with Gasteiger partial charge in [-0.1, -0.05) is 0 Å². The Bertz CT molecular complexity index is 750. The zero-order chi connectivity index (χ0) is 18.0. The maximum atomic E-state index is 13.3. The van der Waals surface area contributed by atoms with Gasteiger partial charge in [0.1, 0.15) is 5.82 Å². The average molecular weight is 371 g/mol. The molecule has 2 heterocycles. The summed E-state index contributed by atoms with van der Waals surface area (Å²) in [5.74, 6) is -0.992. The number of ether oxygens (including phenoxy) is 1. The number of benzene rings is 1. The molecule has 138 valence electrons. The highest BCUT2D eigenvalue weighted by Gasteiger charge is 2.38. The van der Waals surface area contributed by atoms with Crippen molar-refractivity contribution in [1.82, 2.24) is 8.61 Å². The molecular weight excluding hydrogens is 349 g/mol. The summed E-state index contributed by atoms with van der Waals surface area (Å²) in [7, 11) is -3.56. The lowest BCUT2D eigenvalue weighted by atomic mass is 10.1. The molecule has 2 saturated heterocycles. The number of hydrogen-bond donors (Lipinski definition) is 1. The van der Waals surface area contributed by atoms with Gasteiger partial charge in [0.2, 0.25) is 5.91 Å². The van der Waals surface area contributed by atoms with Crippen LogP contribution in [0.2, 0.25) is 0 Å². The standard InChI is InChI=1S/C16H22FN3O4S/c1-12-10-14(2-3-15(12)17)18-16(21)13-4-5-20(11-13)25(22,23)19-6-8-24-9-7-19/h2-3,10,13H,4-9,11H2,1H3,(H,18,21). The first-order valence-corrected chi connectivity index (χ1v) is 9.67. The van der Waals surface area contributed by atoms with Crippen LogP contribution >= 0.6 is 0 Å². The maximum absolute atomic E-state index is 13.3. The molecule has 1 N–H and O–H groups in total. The third kappa shape index (κ3) is 4.00. The van der Waals surface area contributed by atoms with E-state index in [1.54, 1.807) is 13.0 Å². The van der Waals surface area contributed by atoms with Gasteiger partial charge >= 0.3 is 0 Å². The number of nitrogens with zero attached hydrogens (tertiary/aromatic N) is 2. The van der Waals surface area contributed by atoms with E-state index in [-0.39, 0.29) is 18.3 Å². The molecule has 1 atom stereocenters. The summed E-state index contributed by atoms with van der Waals surface area (Å²) < 4.78 is 46.5. The minimum Gasteiger partial charge on any atom is -0.379 e. The van der Waals surface area contributed by atoms with Crippen LogP contribution in [0.1, 0.15) is 12.0 Å². The first kappa shape index (κ1) is 18.2. The van der Waals surface area contributed by atoms with Crippen molar-refractivity contribution in [2.75, 3.05) is 44.7 Å². The molecule has 0 spiro atoms. The second-order valence-corrected chi connectivity index (χ2v) is 8.24. The van der Waals surface area contributed by atoms with Crippen molar-refractivity contribution in [3.63, 3.8) is 0 Å². The molecule has 1 aromatic carbocycles. The molecule has 1 unspecified atom stereocenters. The van der Waals surface area contributed by atoms with Crippen LogP contribution in [0, 0.1) is 18.7 Å². The van der Waals surface area contributed by atoms with Crippen molar-refractivity contribution in [2.45, 2.75) is 13.3 Å². The molecular formula is C16H22FN3O4S. The van der Waals surface area contributed by atoms with E-state index in [1.807, 2.05) is 0 Å². The number of carbonyl (C=O) groups is 1. The van der Waals surface area contributed by atoms with Crippen LogP contribution in [0.4, 0.5) is 10.1 Å². The third-order valence-corrected chi connectivity index (χ3v) is 6.57. The van der Waals surface area contributed by atoms with Crippen molar-refractivity contribution < 1.29 is 22.3 Å². The summed E-state index contributed by atoms with van der Waals surface area (Å²) in [6.45, 7) is 3.56. The average Bonchev–Trinajstić information content (AvgIpc) is 3.10. The molecule has 0 aliphatic carbocycles. The monoisotopic (exact) mass is 371 g/mol. The molecule has 3 rings (SSSR count). The summed E-state index contributed by atoms with van der Waals surface area (Å²) in [6.07, 6.45) is 0.468. The third-order valence-electron chi connectivity index (χ3n) is 4.57. The summed E-state index contributed by atoms with van der Waals surface area (Å²) >= 11 is 0. The molecule has 0 saturated carbocycles. The van der Waals surface area contributed by atoms with E-state index in [4.69, 9.17) is 4.74 Å². The van der Waals surface area contributed by atoms with Crippen LogP contribution in [-0.2, 0) is 19.7 Å². The molecule has 25 heavy (non-hydrogen) atoms. The van der Waals surface area contributed by atoms with Gasteiger partial charge in [-0.25, -0.2) is 4.39 Å². The van der Waals surface area contributed by atoms with E-state index in [2.05, 4.69) is 5.32 Å². The van der Waals surface area contributed by atoms with E-state index in [1.165, 1.54) is 20.7 Å². The van der Waals surface area contributed by atoms with Crippen molar-refractivity contribution in [1.29, 1.82) is 0 Å². The summed E-state index contributed by atoms with van der Waals surface area (Å²) in [5.41, 5.74) is 0.958. The Hall–Kier alpha value is -1.55. The number of amides is 1. The van der Waals surface area contributed by atoms with Gasteiger partial charge in [0.15, 0.2) is 0 Å². The van der Waals surface area contributed by atoms with Gasteiger partial charge in [-0.2, -0.15) is 17.0 Å². The van der Waals surface area contributed by atoms with Gasteiger partial charge in [0, 0.05) is 31.9 Å². The van der Waals surface area contributed by atoms with E-state index in [0.717, 1.165) is 0 Å². The van der Waals surface area contributed by atoms with Gasteiger partial charge in [0.25, 0.3) is 10.2 Å². The lowest BCUT2D eigenvalue weighted by Crippen LogP contribution is -2.48. The number of carbonyl (C=O) groups excluding carboxylic acids is 1. The van der Waals surface area contributed by atoms with Crippen LogP contribution < -0.4 is 5.32 Å². The van der Waals surface area contributed by atoms with Crippen LogP contribution in [-0.4, -0.2) is 62.3 Å². The predicted molar refractivity (Wildman–Crippen MR) is 90.8 cm³/mol. The van der Waals surface area contributed by atoms with Gasteiger partial charge in [-0.05, 0) is 37.1 Å². The second-order valence-electron chi connectivity index (χ2n) is 6.32. The first-order valence-electron chi connectivity index (χ1n) is 8.28. The normalized spacial score (nSPS) is 22.9. The largest absolute Gasteiger partial charge is 0.379 e. The fourth-order valence-corrected chi connectivity index (χ4v) is 4.70. The number of morpholine rings is 1. The smallest absolute Gasteiger partial charge is 0.282 e. The molecule has 9 heteroatoms. The minimum absolute atomic E-state index is 0.158. The van der Waals surface area contributed by atoms with E-state index >= 15 is 0 Å². The Morgan fingerprint density at radius 3 is 2.64 bits per heavy atom. The van der Waals surface area contributed by atoms with Gasteiger partial charge in [0.05, 0.1) is 19.1 Å². The fourth-order valence-electron chi connectivity index (χ4n) is 3.06. The molecule has 2 fully saturated rings. The molecule has 2 aliphatic heterocycles. The van der Waals surface area contributed by atoms with Crippen LogP contribution in [0.25, 0.3) is 0 Å². The first-order chi connectivity index (χ1) is 11.9. The zero-order valence-corrected chi connectivity index (χ0v) is 14.9. The van der Waals surface area contributed by atoms with Gasteiger partial charge in [-0.3, -0.25) is 4.79 Å². The Morgan fingerprint density at radius 2 is 1.96 bits per heavy atom. The lowest BCUT2D eigenvalue weighted by molar-refractivity contribution is -0.119. The number of hydrogen-bond acceptors (Lipinski definition) is 4. The van der Waals surface area contributed by atoms with E-state index < -0.39 is 16.1 Å². The van der Waals surface area contributed by atoms with Crippen molar-refractivity contribution in [3.8, 4) is 0 Å². The molecule has 0 bridgehead atoms. The summed E-state index contributed by atoms with van der Waals surface area (Å²) in [5, 5.41) is 2.74. The highest BCUT2D eigenvalue weighted by atomic mass is 32.2. The van der Waals surface area contributed by atoms with Gasteiger partial charge < -0.3 is 10.1 Å². The number of nitrogens with one attached hydrogen (secondary N) is 1. The predicted octanol–water partition coefficient (Wildman–Crippen LogP) is 0.972. The van der Waals surface area contributed by atoms with E-state index in [0.29, 0.717) is 50.5 Å². The number of anilines is 1. The molecule has 0 aromatic heterocycles. The Morgan fingerprint density at radius 1 is 1.24 bits per heavy atom. The fraction of sp³-hybridized carbons (Fsp3) is 0.562. The van der Waals surface area contributed by atoms with Crippen LogP contribution in [0.5, 0.6) is 0 Å². The minimum atomic E-state index is -3.56. The Labute approximate surface area is 146 Å². The molecule has 1 amide bonds. The topological polar surface area (TPSA) is 79.0 Å². The summed E-state index contributed by atoms with van der Waals surface area (Å²) in [4.78, 5) is 12.4. The van der Waals surface area contributed by atoms with E-state index in [9.17, 15) is 17.6 Å². The Balaban J connectivity index is 1.61. The quantitative estimate of drug-likeness (QED) is 0.856. The molecule has 7 nitrogen and oxygen atoms in total. The van der Waals surface area contributed by atoms with Gasteiger partial charge in [-0.15, -0.1) is 0 Å². The number of halogens is 1. The zero-order valence-electron chi connectivity index (χ0n) is 14.1. The highest BCUT2D eigenvalue weighted by molar-refractivity contribution is 7.86. The lowest BCUT2D eigenvalue weighted by Gasteiger charge is -2.30. The Kier molecular flexibility index (Phi) is 5.38. The van der Waals surface area contributed by atoms with Crippen molar-refractivity contribution in [2.24, 2.45) is 5.92 Å². The molecule has 2 aliphatic rings. The SMILES string of the molecule is Cc1cc(NC(=O)C2CCN(S(=O)(=O)N3CCOCC3)C2)ccc1F. The number of rotatable bonds is 4. The summed E-state index contributed by atoms with van der Waals surface area (Å²) in [6, 6.07) is 4.36. The molecule has 0 radical (unpaired) electrons. The van der Waals surface area contributed by atoms with Crippen LogP contribution in [0.15, 0.2) is 18.2 Å². The van der Waals surface area contributed by atoms with Crippen molar-refractivity contribution in [3.05, 3.63) is 29.6 Å². The van der Waals surface area contributed by atoms with Crippen molar-refractivity contribution >= 4 is 21.8 Å². The molecule has 1 aromatic rings. The highest BCUT2D eigenvalue weighted by Crippen LogP contribution is 2.24. The number of aryl methyl sites for hydroxylation is 1.